The lowest BCUT2D eigenvalue weighted by Gasteiger charge is -2.26. The molecule has 31 heavy (non-hydrogen) atoms. The highest BCUT2D eigenvalue weighted by Gasteiger charge is 2.17. The predicted octanol–water partition coefficient (Wildman–Crippen LogP) is 3.94. The quantitative estimate of drug-likeness (QED) is 0.554. The van der Waals surface area contributed by atoms with Crippen molar-refractivity contribution < 1.29 is 8.42 Å². The van der Waals surface area contributed by atoms with Crippen molar-refractivity contribution in [1.29, 1.82) is 0 Å². The average Bonchev–Trinajstić information content (AvgIpc) is 3.08. The first kappa shape index (κ1) is 22.2. The molecule has 4 rings (SSSR count). The highest BCUT2D eigenvalue weighted by molar-refractivity contribution is 7.89. The molecule has 1 saturated heterocycles. The van der Waals surface area contributed by atoms with Crippen molar-refractivity contribution in [2.75, 3.05) is 13.1 Å². The third-order valence-corrected chi connectivity index (χ3v) is 8.05. The van der Waals surface area contributed by atoms with Gasteiger partial charge in [0.05, 0.1) is 15.1 Å². The summed E-state index contributed by atoms with van der Waals surface area (Å²) in [6.45, 7) is 6.06. The van der Waals surface area contributed by atoms with Gasteiger partial charge in [-0.05, 0) is 61.7 Å². The number of aryl methyl sites for hydroxylation is 1. The zero-order valence-electron chi connectivity index (χ0n) is 17.8. The van der Waals surface area contributed by atoms with Crippen LogP contribution in [0.2, 0.25) is 0 Å². The first-order chi connectivity index (χ1) is 15.0. The van der Waals surface area contributed by atoms with Gasteiger partial charge < -0.3 is 0 Å². The molecule has 1 fully saturated rings. The van der Waals surface area contributed by atoms with Gasteiger partial charge in [0.2, 0.25) is 10.0 Å². The molecular weight excluding hydrogens is 430 g/mol. The Labute approximate surface area is 187 Å². The average molecular weight is 460 g/mol. The molecule has 0 saturated carbocycles. The minimum atomic E-state index is -3.67. The maximum absolute atomic E-state index is 12.9. The van der Waals surface area contributed by atoms with Crippen molar-refractivity contribution in [3.8, 4) is 0 Å². The van der Waals surface area contributed by atoms with Crippen molar-refractivity contribution in [3.05, 3.63) is 63.3 Å². The van der Waals surface area contributed by atoms with E-state index in [9.17, 15) is 13.2 Å². The fraction of sp³-hybridized carbons (Fsp3) is 0.435. The lowest BCUT2D eigenvalue weighted by Crippen LogP contribution is -2.29. The number of rotatable bonds is 8. The molecule has 8 heteroatoms. The minimum absolute atomic E-state index is 0.0510. The summed E-state index contributed by atoms with van der Waals surface area (Å²) in [6.07, 6.45) is 4.66. The van der Waals surface area contributed by atoms with Gasteiger partial charge in [0.15, 0.2) is 0 Å². The van der Waals surface area contributed by atoms with Crippen molar-refractivity contribution in [3.63, 3.8) is 0 Å². The van der Waals surface area contributed by atoms with Crippen LogP contribution in [0.4, 0.5) is 0 Å². The highest BCUT2D eigenvalue weighted by Crippen LogP contribution is 2.22. The number of aromatic nitrogens is 1. The molecule has 0 spiro atoms. The molecule has 0 atom stereocenters. The van der Waals surface area contributed by atoms with Crippen LogP contribution in [0, 0.1) is 0 Å². The van der Waals surface area contributed by atoms with Crippen LogP contribution in [0.1, 0.15) is 43.7 Å². The van der Waals surface area contributed by atoms with E-state index in [1.807, 2.05) is 19.1 Å². The van der Waals surface area contributed by atoms with Crippen LogP contribution in [0.3, 0.4) is 0 Å². The van der Waals surface area contributed by atoms with E-state index in [0.717, 1.165) is 48.5 Å². The number of thiazole rings is 1. The van der Waals surface area contributed by atoms with E-state index < -0.39 is 10.0 Å². The zero-order chi connectivity index (χ0) is 21.8. The lowest BCUT2D eigenvalue weighted by atomic mass is 10.1. The van der Waals surface area contributed by atoms with Crippen LogP contribution >= 0.6 is 11.3 Å². The third-order valence-electron chi connectivity index (χ3n) is 5.71. The maximum Gasteiger partial charge on any atom is 0.308 e. The number of nitrogens with one attached hydrogen (secondary N) is 1. The summed E-state index contributed by atoms with van der Waals surface area (Å²) in [7, 11) is -3.67. The minimum Gasteiger partial charge on any atom is -0.299 e. The Morgan fingerprint density at radius 3 is 2.58 bits per heavy atom. The number of likely N-dealkylation sites (tertiary alicyclic amines) is 1. The molecule has 6 nitrogen and oxygen atoms in total. The Balaban J connectivity index is 1.46. The van der Waals surface area contributed by atoms with Crippen LogP contribution in [0.25, 0.3) is 10.2 Å². The molecule has 0 bridgehead atoms. The number of benzene rings is 2. The van der Waals surface area contributed by atoms with Crippen LogP contribution in [-0.2, 0) is 29.7 Å². The van der Waals surface area contributed by atoms with Gasteiger partial charge >= 0.3 is 4.87 Å². The Bertz CT molecular complexity index is 1210. The molecule has 0 radical (unpaired) electrons. The van der Waals surface area contributed by atoms with E-state index in [0.29, 0.717) is 11.2 Å². The van der Waals surface area contributed by atoms with Crippen molar-refractivity contribution in [2.45, 2.75) is 57.1 Å². The molecule has 1 aliphatic rings. The molecule has 1 aromatic heterocycles. The van der Waals surface area contributed by atoms with Crippen LogP contribution in [0.15, 0.2) is 52.2 Å². The van der Waals surface area contributed by atoms with Gasteiger partial charge in [-0.15, -0.1) is 0 Å². The summed E-state index contributed by atoms with van der Waals surface area (Å²) in [6, 6.07) is 13.0. The molecule has 3 aromatic rings. The standard InChI is InChI=1S/C23H29N3O3S2/c1-2-11-26-21-10-9-20(15-22(21)30-23(26)27)31(28,29)24-16-18-7-6-8-19(14-18)17-25-12-4-3-5-13-25/h6-10,14-15,24H,2-5,11-13,16-17H2,1H3. The summed E-state index contributed by atoms with van der Waals surface area (Å²) >= 11 is 1.09. The molecule has 0 amide bonds. The zero-order valence-corrected chi connectivity index (χ0v) is 19.5. The maximum atomic E-state index is 12.9. The number of piperidine rings is 1. The second-order valence-electron chi connectivity index (χ2n) is 8.13. The van der Waals surface area contributed by atoms with Gasteiger partial charge in [-0.1, -0.05) is 48.9 Å². The lowest BCUT2D eigenvalue weighted by molar-refractivity contribution is 0.221. The van der Waals surface area contributed by atoms with Crippen LogP contribution in [-0.4, -0.2) is 31.0 Å². The number of nitrogens with zero attached hydrogens (tertiary/aromatic N) is 2. The smallest absolute Gasteiger partial charge is 0.299 e. The van der Waals surface area contributed by atoms with Gasteiger partial charge in [0.1, 0.15) is 0 Å². The number of sulfonamides is 1. The first-order valence-electron chi connectivity index (χ1n) is 10.9. The fourth-order valence-electron chi connectivity index (χ4n) is 4.12. The van der Waals surface area contributed by atoms with E-state index in [1.165, 1.54) is 24.8 Å². The Morgan fingerprint density at radius 1 is 1.03 bits per heavy atom. The van der Waals surface area contributed by atoms with E-state index in [2.05, 4.69) is 21.8 Å². The van der Waals surface area contributed by atoms with Crippen LogP contribution in [0.5, 0.6) is 0 Å². The highest BCUT2D eigenvalue weighted by atomic mass is 32.2. The Morgan fingerprint density at radius 2 is 1.81 bits per heavy atom. The van der Waals surface area contributed by atoms with E-state index >= 15 is 0 Å². The van der Waals surface area contributed by atoms with Gasteiger partial charge in [-0.25, -0.2) is 13.1 Å². The number of hydrogen-bond donors (Lipinski definition) is 1. The summed E-state index contributed by atoms with van der Waals surface area (Å²) in [5.41, 5.74) is 2.95. The van der Waals surface area contributed by atoms with Gasteiger partial charge in [0, 0.05) is 19.6 Å². The monoisotopic (exact) mass is 459 g/mol. The third kappa shape index (κ3) is 5.26. The summed E-state index contributed by atoms with van der Waals surface area (Å²) in [4.78, 5) is 14.8. The van der Waals surface area contributed by atoms with Gasteiger partial charge in [-0.2, -0.15) is 0 Å². The number of fused-ring (bicyclic) bond motifs is 1. The molecule has 1 aliphatic heterocycles. The predicted molar refractivity (Wildman–Crippen MR) is 126 cm³/mol. The first-order valence-corrected chi connectivity index (χ1v) is 13.2. The van der Waals surface area contributed by atoms with Crippen LogP contribution < -0.4 is 9.60 Å². The fourth-order valence-corrected chi connectivity index (χ4v) is 6.20. The topological polar surface area (TPSA) is 71.4 Å². The largest absolute Gasteiger partial charge is 0.308 e. The number of hydrogen-bond acceptors (Lipinski definition) is 5. The molecule has 0 unspecified atom stereocenters. The second kappa shape index (κ2) is 9.65. The molecule has 2 heterocycles. The molecule has 166 valence electrons. The van der Waals surface area contributed by atoms with Crippen molar-refractivity contribution in [1.82, 2.24) is 14.2 Å². The van der Waals surface area contributed by atoms with E-state index in [1.54, 1.807) is 22.8 Å². The summed E-state index contributed by atoms with van der Waals surface area (Å²) in [5.74, 6) is 0. The Hall–Kier alpha value is -2.00. The Kier molecular flexibility index (Phi) is 6.91. The van der Waals surface area contributed by atoms with E-state index in [-0.39, 0.29) is 16.3 Å². The summed E-state index contributed by atoms with van der Waals surface area (Å²) in [5, 5.41) is 0. The van der Waals surface area contributed by atoms with E-state index in [4.69, 9.17) is 0 Å². The second-order valence-corrected chi connectivity index (χ2v) is 10.9. The molecular formula is C23H29N3O3S2. The normalized spacial score (nSPS) is 15.5. The molecule has 2 aromatic carbocycles. The summed E-state index contributed by atoms with van der Waals surface area (Å²) < 4.78 is 30.9. The van der Waals surface area contributed by atoms with Gasteiger partial charge in [0.25, 0.3) is 0 Å². The molecule has 1 N–H and O–H groups in total. The van der Waals surface area contributed by atoms with Crippen molar-refractivity contribution in [2.24, 2.45) is 0 Å². The SMILES string of the molecule is CCCn1c(=O)sc2cc(S(=O)(=O)NCc3cccc(CN4CCCCC4)c3)ccc21. The van der Waals surface area contributed by atoms with Gasteiger partial charge in [-0.3, -0.25) is 14.3 Å². The molecule has 0 aliphatic carbocycles. The van der Waals surface area contributed by atoms with Crippen molar-refractivity contribution >= 4 is 31.6 Å².